The Morgan fingerprint density at radius 1 is 1.56 bits per heavy atom. The number of hydrogen-bond donors (Lipinski definition) is 1. The number of hydrogen-bond acceptors (Lipinski definition) is 3. The van der Waals surface area contributed by atoms with Crippen LogP contribution in [0.3, 0.4) is 0 Å². The minimum absolute atomic E-state index is 0.106. The van der Waals surface area contributed by atoms with Crippen LogP contribution in [0.5, 0.6) is 0 Å². The quantitative estimate of drug-likeness (QED) is 0.893. The number of nitrogens with zero attached hydrogens (tertiary/aromatic N) is 1. The fraction of sp³-hybridized carbons (Fsp3) is 0.500. The topological polar surface area (TPSA) is 45.0 Å². The first-order valence-corrected chi connectivity index (χ1v) is 6.22. The second-order valence-electron chi connectivity index (χ2n) is 4.71. The van der Waals surface area contributed by atoms with Crippen LogP contribution in [0.2, 0.25) is 0 Å². The monoisotopic (exact) mass is 248 g/mol. The Hall–Kier alpha value is -1.44. The highest BCUT2D eigenvalue weighted by atomic mass is 19.1. The van der Waals surface area contributed by atoms with Crippen LogP contribution >= 0.6 is 0 Å². The van der Waals surface area contributed by atoms with E-state index >= 15 is 0 Å². The molecule has 0 spiro atoms. The molecular formula is C14H17FN2O. The standard InChI is InChI=1S/C14H17FN2O/c1-10-6-13(4-5-18-10)17-9-11-2-3-14(15)12(7-11)8-16/h2-3,7,10,13,17H,4-6,9H2,1H3. The van der Waals surface area contributed by atoms with Crippen LogP contribution in [-0.4, -0.2) is 18.8 Å². The third kappa shape index (κ3) is 3.28. The van der Waals surface area contributed by atoms with Crippen molar-refractivity contribution in [3.05, 3.63) is 35.1 Å². The van der Waals surface area contributed by atoms with Crippen LogP contribution in [0.25, 0.3) is 0 Å². The Morgan fingerprint density at radius 2 is 2.39 bits per heavy atom. The summed E-state index contributed by atoms with van der Waals surface area (Å²) in [5, 5.41) is 12.2. The van der Waals surface area contributed by atoms with Crippen molar-refractivity contribution in [3.63, 3.8) is 0 Å². The van der Waals surface area contributed by atoms with Gasteiger partial charge in [0.2, 0.25) is 0 Å². The van der Waals surface area contributed by atoms with E-state index in [0.717, 1.165) is 25.0 Å². The number of rotatable bonds is 3. The molecule has 1 heterocycles. The number of ether oxygens (including phenoxy) is 1. The zero-order chi connectivity index (χ0) is 13.0. The number of nitriles is 1. The first-order valence-electron chi connectivity index (χ1n) is 6.22. The van der Waals surface area contributed by atoms with Gasteiger partial charge in [0, 0.05) is 19.2 Å². The summed E-state index contributed by atoms with van der Waals surface area (Å²) in [6.45, 7) is 3.51. The van der Waals surface area contributed by atoms with Gasteiger partial charge in [-0.3, -0.25) is 0 Å². The molecule has 2 rings (SSSR count). The minimum Gasteiger partial charge on any atom is -0.378 e. The van der Waals surface area contributed by atoms with Crippen molar-refractivity contribution in [2.24, 2.45) is 0 Å². The van der Waals surface area contributed by atoms with Crippen LogP contribution in [0.4, 0.5) is 4.39 Å². The molecule has 2 atom stereocenters. The molecule has 1 fully saturated rings. The van der Waals surface area contributed by atoms with Gasteiger partial charge in [-0.25, -0.2) is 4.39 Å². The molecule has 4 heteroatoms. The highest BCUT2D eigenvalue weighted by Gasteiger charge is 2.18. The first kappa shape index (κ1) is 13.0. The van der Waals surface area contributed by atoms with E-state index < -0.39 is 5.82 Å². The third-order valence-electron chi connectivity index (χ3n) is 3.23. The molecule has 1 aromatic carbocycles. The summed E-state index contributed by atoms with van der Waals surface area (Å²) < 4.78 is 18.6. The van der Waals surface area contributed by atoms with Crippen molar-refractivity contribution in [2.75, 3.05) is 6.61 Å². The summed E-state index contributed by atoms with van der Waals surface area (Å²) in [7, 11) is 0. The molecule has 0 aliphatic carbocycles. The van der Waals surface area contributed by atoms with Crippen LogP contribution in [0.15, 0.2) is 18.2 Å². The van der Waals surface area contributed by atoms with E-state index in [1.807, 2.05) is 6.07 Å². The Bertz CT molecular complexity index is 456. The molecule has 2 unspecified atom stereocenters. The van der Waals surface area contributed by atoms with Crippen LogP contribution in [-0.2, 0) is 11.3 Å². The second-order valence-corrected chi connectivity index (χ2v) is 4.71. The van der Waals surface area contributed by atoms with Gasteiger partial charge in [-0.15, -0.1) is 0 Å². The van der Waals surface area contributed by atoms with Crippen molar-refractivity contribution in [2.45, 2.75) is 38.5 Å². The predicted molar refractivity (Wildman–Crippen MR) is 66.4 cm³/mol. The zero-order valence-corrected chi connectivity index (χ0v) is 10.4. The second kappa shape index (κ2) is 5.94. The normalized spacial score (nSPS) is 23.6. The van der Waals surface area contributed by atoms with Crippen LogP contribution < -0.4 is 5.32 Å². The minimum atomic E-state index is -0.457. The Kier molecular flexibility index (Phi) is 4.29. The first-order chi connectivity index (χ1) is 8.69. The van der Waals surface area contributed by atoms with Gasteiger partial charge in [0.1, 0.15) is 11.9 Å². The van der Waals surface area contributed by atoms with Gasteiger partial charge in [0.15, 0.2) is 0 Å². The molecule has 96 valence electrons. The highest BCUT2D eigenvalue weighted by molar-refractivity contribution is 5.34. The lowest BCUT2D eigenvalue weighted by Gasteiger charge is -2.28. The Labute approximate surface area is 107 Å². The molecule has 0 aromatic heterocycles. The average molecular weight is 248 g/mol. The fourth-order valence-electron chi connectivity index (χ4n) is 2.21. The molecule has 1 aromatic rings. The molecule has 0 amide bonds. The summed E-state index contributed by atoms with van der Waals surface area (Å²) >= 11 is 0. The van der Waals surface area contributed by atoms with Crippen LogP contribution in [0, 0.1) is 17.1 Å². The Morgan fingerprint density at radius 3 is 3.11 bits per heavy atom. The smallest absolute Gasteiger partial charge is 0.140 e. The summed E-state index contributed by atoms with van der Waals surface area (Å²) in [5.41, 5.74) is 1.04. The molecule has 3 nitrogen and oxygen atoms in total. The maximum absolute atomic E-state index is 13.2. The molecule has 0 radical (unpaired) electrons. The van der Waals surface area contributed by atoms with Crippen molar-refractivity contribution >= 4 is 0 Å². The van der Waals surface area contributed by atoms with Gasteiger partial charge in [-0.1, -0.05) is 6.07 Å². The van der Waals surface area contributed by atoms with Gasteiger partial charge >= 0.3 is 0 Å². The zero-order valence-electron chi connectivity index (χ0n) is 10.4. The number of benzene rings is 1. The van der Waals surface area contributed by atoms with Gasteiger partial charge in [-0.2, -0.15) is 5.26 Å². The molecule has 1 aliphatic heterocycles. The molecule has 18 heavy (non-hydrogen) atoms. The molecule has 1 N–H and O–H groups in total. The highest BCUT2D eigenvalue weighted by Crippen LogP contribution is 2.15. The summed E-state index contributed by atoms with van der Waals surface area (Å²) in [5.74, 6) is -0.457. The van der Waals surface area contributed by atoms with E-state index in [9.17, 15) is 4.39 Å². The Balaban J connectivity index is 1.92. The lowest BCUT2D eigenvalue weighted by atomic mass is 10.0. The largest absolute Gasteiger partial charge is 0.378 e. The maximum atomic E-state index is 13.2. The predicted octanol–water partition coefficient (Wildman–Crippen LogP) is 2.35. The molecule has 1 aliphatic rings. The van der Waals surface area contributed by atoms with E-state index in [4.69, 9.17) is 10.00 Å². The lowest BCUT2D eigenvalue weighted by Crippen LogP contribution is -2.37. The van der Waals surface area contributed by atoms with E-state index in [0.29, 0.717) is 18.7 Å². The third-order valence-corrected chi connectivity index (χ3v) is 3.23. The average Bonchev–Trinajstić information content (AvgIpc) is 2.38. The molecule has 0 saturated carbocycles. The van der Waals surface area contributed by atoms with E-state index in [1.54, 1.807) is 12.1 Å². The van der Waals surface area contributed by atoms with Gasteiger partial charge in [0.25, 0.3) is 0 Å². The number of halogens is 1. The van der Waals surface area contributed by atoms with Crippen molar-refractivity contribution in [1.29, 1.82) is 5.26 Å². The fourth-order valence-corrected chi connectivity index (χ4v) is 2.21. The van der Waals surface area contributed by atoms with E-state index in [1.165, 1.54) is 6.07 Å². The lowest BCUT2D eigenvalue weighted by molar-refractivity contribution is 0.0130. The van der Waals surface area contributed by atoms with Crippen LogP contribution in [0.1, 0.15) is 30.9 Å². The van der Waals surface area contributed by atoms with Gasteiger partial charge in [-0.05, 0) is 37.5 Å². The van der Waals surface area contributed by atoms with E-state index in [2.05, 4.69) is 12.2 Å². The molecular weight excluding hydrogens is 231 g/mol. The molecule has 1 saturated heterocycles. The maximum Gasteiger partial charge on any atom is 0.140 e. The molecule has 0 bridgehead atoms. The van der Waals surface area contributed by atoms with Gasteiger partial charge in [0.05, 0.1) is 11.7 Å². The van der Waals surface area contributed by atoms with Crippen molar-refractivity contribution in [3.8, 4) is 6.07 Å². The summed E-state index contributed by atoms with van der Waals surface area (Å²) in [6.07, 6.45) is 2.28. The SMILES string of the molecule is CC1CC(NCc2ccc(F)c(C#N)c2)CCO1. The van der Waals surface area contributed by atoms with Crippen molar-refractivity contribution in [1.82, 2.24) is 5.32 Å². The van der Waals surface area contributed by atoms with Crippen molar-refractivity contribution < 1.29 is 9.13 Å². The van der Waals surface area contributed by atoms with Gasteiger partial charge < -0.3 is 10.1 Å². The summed E-state index contributed by atoms with van der Waals surface area (Å²) in [4.78, 5) is 0. The summed E-state index contributed by atoms with van der Waals surface area (Å²) in [6, 6.07) is 6.96. The van der Waals surface area contributed by atoms with E-state index in [-0.39, 0.29) is 5.56 Å². The number of nitrogens with one attached hydrogen (secondary N) is 1.